The average Bonchev–Trinajstić information content (AvgIpc) is 2.81. The molecule has 194 valence electrons. The van der Waals surface area contributed by atoms with Gasteiger partial charge in [-0.2, -0.15) is 0 Å². The fraction of sp³-hybridized carbons (Fsp3) is 0.920. The molecule has 0 heterocycles. The quantitative estimate of drug-likeness (QED) is 0.347. The number of rotatable bonds is 10. The van der Waals surface area contributed by atoms with Gasteiger partial charge in [-0.15, -0.1) is 0 Å². The Morgan fingerprint density at radius 1 is 0.636 bits per heavy atom. The Hall–Kier alpha value is -1.54. The summed E-state index contributed by atoms with van der Waals surface area (Å²) in [7, 11) is 3.17. The van der Waals surface area contributed by atoms with Crippen LogP contribution < -0.4 is 0 Å². The van der Waals surface area contributed by atoms with Crippen LogP contribution in [0, 0.1) is 0 Å². The van der Waals surface area contributed by atoms with Crippen LogP contribution in [0.3, 0.4) is 0 Å². The van der Waals surface area contributed by atoms with Gasteiger partial charge >= 0.3 is 12.3 Å². The zero-order valence-electron chi connectivity index (χ0n) is 21.2. The van der Waals surface area contributed by atoms with Crippen LogP contribution in [0.15, 0.2) is 0 Å². The highest BCUT2D eigenvalue weighted by molar-refractivity contribution is 5.60. The maximum Gasteiger partial charge on any atom is 0.508 e. The molecule has 1 rings (SSSR count). The van der Waals surface area contributed by atoms with Crippen molar-refractivity contribution in [3.63, 3.8) is 0 Å². The van der Waals surface area contributed by atoms with E-state index < -0.39 is 12.3 Å². The minimum absolute atomic E-state index is 0.197. The van der Waals surface area contributed by atoms with E-state index in [1.807, 2.05) is 13.8 Å². The van der Waals surface area contributed by atoms with E-state index in [-0.39, 0.29) is 24.4 Å². The Bertz CT molecular complexity index is 469. The van der Waals surface area contributed by atoms with Gasteiger partial charge in [-0.3, -0.25) is 0 Å². The third-order valence-corrected chi connectivity index (χ3v) is 6.02. The molecule has 1 saturated carbocycles. The fourth-order valence-corrected chi connectivity index (χ4v) is 3.99. The first-order valence-electron chi connectivity index (χ1n) is 12.7. The summed E-state index contributed by atoms with van der Waals surface area (Å²) >= 11 is 0. The van der Waals surface area contributed by atoms with E-state index in [0.717, 1.165) is 57.8 Å². The van der Waals surface area contributed by atoms with Crippen molar-refractivity contribution in [2.75, 3.05) is 27.4 Å². The maximum atomic E-state index is 12.3. The Balaban J connectivity index is 2.61. The van der Waals surface area contributed by atoms with Crippen LogP contribution in [-0.4, -0.2) is 64.2 Å². The van der Waals surface area contributed by atoms with Gasteiger partial charge in [0.05, 0.1) is 13.2 Å². The first kappa shape index (κ1) is 29.5. The predicted octanol–water partition coefficient (Wildman–Crippen LogP) is 6.18. The molecule has 0 spiro atoms. The first-order valence-corrected chi connectivity index (χ1v) is 12.7. The van der Waals surface area contributed by atoms with E-state index in [2.05, 4.69) is 0 Å². The summed E-state index contributed by atoms with van der Waals surface area (Å²) in [5, 5.41) is 0. The lowest BCUT2D eigenvalue weighted by atomic mass is 10.0. The van der Waals surface area contributed by atoms with Gasteiger partial charge in [-0.25, -0.2) is 9.59 Å². The molecule has 1 aliphatic carbocycles. The summed E-state index contributed by atoms with van der Waals surface area (Å²) < 4.78 is 32.3. The molecule has 0 aliphatic heterocycles. The van der Waals surface area contributed by atoms with Gasteiger partial charge in [0.25, 0.3) is 0 Å². The zero-order valence-corrected chi connectivity index (χ0v) is 21.2. The molecule has 1 aliphatic rings. The van der Waals surface area contributed by atoms with Crippen molar-refractivity contribution in [2.24, 2.45) is 0 Å². The second-order valence-corrected chi connectivity index (χ2v) is 8.82. The van der Waals surface area contributed by atoms with Crippen LogP contribution in [0.1, 0.15) is 97.3 Å². The van der Waals surface area contributed by atoms with Gasteiger partial charge in [0.15, 0.2) is 0 Å². The van der Waals surface area contributed by atoms with E-state index in [1.165, 1.54) is 0 Å². The summed E-state index contributed by atoms with van der Waals surface area (Å²) in [5.41, 5.74) is 0. The summed E-state index contributed by atoms with van der Waals surface area (Å²) in [4.78, 5) is 24.6. The van der Waals surface area contributed by atoms with Crippen molar-refractivity contribution in [3.8, 4) is 0 Å². The lowest BCUT2D eigenvalue weighted by molar-refractivity contribution is -0.0326. The molecule has 0 saturated heterocycles. The second kappa shape index (κ2) is 18.8. The summed E-state index contributed by atoms with van der Waals surface area (Å²) in [6, 6.07) is 0. The predicted molar refractivity (Wildman–Crippen MR) is 125 cm³/mol. The molecule has 0 aromatic heterocycles. The van der Waals surface area contributed by atoms with Crippen LogP contribution in [-0.2, 0) is 28.4 Å². The highest BCUT2D eigenvalue weighted by atomic mass is 16.7. The number of ether oxygens (including phenoxy) is 6. The van der Waals surface area contributed by atoms with Gasteiger partial charge in [0.2, 0.25) is 0 Å². The highest BCUT2D eigenvalue weighted by Crippen LogP contribution is 2.22. The molecule has 1 fully saturated rings. The summed E-state index contributed by atoms with van der Waals surface area (Å²) in [6.07, 6.45) is 9.56. The molecule has 0 aromatic carbocycles. The molecule has 0 bridgehead atoms. The van der Waals surface area contributed by atoms with Crippen molar-refractivity contribution in [1.82, 2.24) is 0 Å². The van der Waals surface area contributed by atoms with Crippen molar-refractivity contribution < 1.29 is 38.0 Å². The topological polar surface area (TPSA) is 89.5 Å². The van der Waals surface area contributed by atoms with Gasteiger partial charge in [0, 0.05) is 14.2 Å². The average molecular weight is 475 g/mol. The molecule has 0 amide bonds. The third kappa shape index (κ3) is 14.4. The number of carbonyl (C=O) groups excluding carboxylic acids is 2. The Labute approximate surface area is 199 Å². The number of hydrogen-bond donors (Lipinski definition) is 0. The van der Waals surface area contributed by atoms with Crippen LogP contribution in [0.25, 0.3) is 0 Å². The van der Waals surface area contributed by atoms with Gasteiger partial charge in [-0.1, -0.05) is 39.5 Å². The minimum Gasteiger partial charge on any atom is -0.431 e. The van der Waals surface area contributed by atoms with Crippen molar-refractivity contribution in [2.45, 2.75) is 122 Å². The molecular weight excluding hydrogens is 428 g/mol. The number of hydrogen-bond acceptors (Lipinski definition) is 8. The maximum absolute atomic E-state index is 12.3. The van der Waals surface area contributed by atoms with Gasteiger partial charge < -0.3 is 28.4 Å². The van der Waals surface area contributed by atoms with Crippen LogP contribution in [0.2, 0.25) is 0 Å². The molecular formula is C25H46O8. The van der Waals surface area contributed by atoms with E-state index >= 15 is 0 Å². The Kier molecular flexibility index (Phi) is 16.8. The second-order valence-electron chi connectivity index (χ2n) is 8.82. The Morgan fingerprint density at radius 2 is 1.00 bits per heavy atom. The zero-order chi connectivity index (χ0) is 24.3. The minimum atomic E-state index is -0.631. The molecule has 8 heteroatoms. The number of carbonyl (C=O) groups is 2. The lowest BCUT2D eigenvalue weighted by Crippen LogP contribution is -2.27. The van der Waals surface area contributed by atoms with Crippen molar-refractivity contribution in [1.29, 1.82) is 0 Å². The van der Waals surface area contributed by atoms with Gasteiger partial charge in [0.1, 0.15) is 24.4 Å². The van der Waals surface area contributed by atoms with Crippen LogP contribution in [0.4, 0.5) is 9.59 Å². The molecule has 4 atom stereocenters. The SMILES string of the molecule is CCC(COC)OC(=O)OC1CCCCCCCCC(OC(=O)OC(CC)COC)CCC1. The van der Waals surface area contributed by atoms with Crippen LogP contribution >= 0.6 is 0 Å². The van der Waals surface area contributed by atoms with E-state index in [4.69, 9.17) is 28.4 Å². The summed E-state index contributed by atoms with van der Waals surface area (Å²) in [5.74, 6) is 0. The first-order chi connectivity index (χ1) is 16.0. The fourth-order valence-electron chi connectivity index (χ4n) is 3.99. The summed E-state index contributed by atoms with van der Waals surface area (Å²) in [6.45, 7) is 4.60. The van der Waals surface area contributed by atoms with E-state index in [9.17, 15) is 9.59 Å². The van der Waals surface area contributed by atoms with E-state index in [1.54, 1.807) is 14.2 Å². The van der Waals surface area contributed by atoms with E-state index in [0.29, 0.717) is 38.9 Å². The smallest absolute Gasteiger partial charge is 0.431 e. The molecule has 0 radical (unpaired) electrons. The molecule has 4 unspecified atom stereocenters. The molecule has 8 nitrogen and oxygen atoms in total. The standard InChI is InChI=1S/C25H46O8/c1-5-20(18-28-3)30-24(26)32-22-14-11-9-7-8-10-12-15-23(17-13-16-22)33-25(27)31-21(6-2)19-29-4/h20-23H,5-19H2,1-4H3. The van der Waals surface area contributed by atoms with Crippen molar-refractivity contribution in [3.05, 3.63) is 0 Å². The monoisotopic (exact) mass is 474 g/mol. The lowest BCUT2D eigenvalue weighted by Gasteiger charge is -2.22. The normalized spacial score (nSPS) is 22.5. The number of methoxy groups -OCH3 is 2. The Morgan fingerprint density at radius 3 is 1.36 bits per heavy atom. The van der Waals surface area contributed by atoms with Crippen LogP contribution in [0.5, 0.6) is 0 Å². The van der Waals surface area contributed by atoms with Crippen molar-refractivity contribution >= 4 is 12.3 Å². The largest absolute Gasteiger partial charge is 0.508 e. The molecule has 33 heavy (non-hydrogen) atoms. The third-order valence-electron chi connectivity index (χ3n) is 6.02. The molecule has 0 aromatic rings. The molecule has 0 N–H and O–H groups in total. The highest BCUT2D eigenvalue weighted by Gasteiger charge is 2.22. The van der Waals surface area contributed by atoms with Gasteiger partial charge in [-0.05, 0) is 57.8 Å².